The van der Waals surface area contributed by atoms with Crippen LogP contribution in [-0.2, 0) is 13.6 Å². The number of imidazole rings is 1. The molecule has 0 spiro atoms. The Hall–Kier alpha value is -2.54. The molecule has 1 unspecified atom stereocenters. The Bertz CT molecular complexity index is 973. The lowest BCUT2D eigenvalue weighted by Gasteiger charge is -2.19. The van der Waals surface area contributed by atoms with Crippen molar-refractivity contribution >= 4 is 11.0 Å². The zero-order valence-electron chi connectivity index (χ0n) is 15.0. The van der Waals surface area contributed by atoms with Gasteiger partial charge in [-0.25, -0.2) is 13.8 Å². The number of aryl methyl sites for hydroxylation is 1. The molecule has 2 aliphatic rings. The Morgan fingerprint density at radius 2 is 1.89 bits per heavy atom. The van der Waals surface area contributed by atoms with E-state index in [0.29, 0.717) is 24.4 Å². The Labute approximate surface area is 155 Å². The smallest absolute Gasteiger partial charge is 0.190 e. The number of benzene rings is 1. The quantitative estimate of drug-likeness (QED) is 0.693. The van der Waals surface area contributed by atoms with Gasteiger partial charge in [0.25, 0.3) is 0 Å². The van der Waals surface area contributed by atoms with Crippen molar-refractivity contribution < 1.29 is 13.5 Å². The predicted molar refractivity (Wildman–Crippen MR) is 96.1 cm³/mol. The van der Waals surface area contributed by atoms with Crippen molar-refractivity contribution in [3.8, 4) is 5.75 Å². The van der Waals surface area contributed by atoms with Crippen LogP contribution >= 0.6 is 0 Å². The number of hydrogen-bond donors (Lipinski definition) is 0. The van der Waals surface area contributed by atoms with E-state index >= 15 is 0 Å². The van der Waals surface area contributed by atoms with Gasteiger partial charge in [-0.2, -0.15) is 0 Å². The third kappa shape index (κ3) is 2.86. The molecule has 140 valence electrons. The molecule has 0 amide bonds. The molecule has 3 aromatic rings. The topological polar surface area (TPSA) is 43.2 Å². The fourth-order valence-corrected chi connectivity index (χ4v) is 4.36. The number of fused-ring (bicyclic) bond motifs is 2. The normalized spacial score (nSPS) is 24.3. The molecule has 1 aromatic carbocycles. The van der Waals surface area contributed by atoms with Crippen molar-refractivity contribution in [2.45, 2.75) is 6.54 Å². The molecular formula is C20H20F2N4O. The van der Waals surface area contributed by atoms with Gasteiger partial charge in [0.1, 0.15) is 11.3 Å². The molecule has 1 aliphatic heterocycles. The summed E-state index contributed by atoms with van der Waals surface area (Å²) in [5.41, 5.74) is 2.00. The zero-order valence-corrected chi connectivity index (χ0v) is 15.0. The first-order valence-corrected chi connectivity index (χ1v) is 9.16. The number of hydrogen-bond acceptors (Lipinski definition) is 4. The van der Waals surface area contributed by atoms with Crippen LogP contribution in [0.2, 0.25) is 0 Å². The average molecular weight is 370 g/mol. The Balaban J connectivity index is 1.18. The molecule has 7 heteroatoms. The highest BCUT2D eigenvalue weighted by molar-refractivity contribution is 5.74. The zero-order chi connectivity index (χ0) is 18.5. The van der Waals surface area contributed by atoms with Crippen molar-refractivity contribution in [3.63, 3.8) is 0 Å². The summed E-state index contributed by atoms with van der Waals surface area (Å²) in [6, 6.07) is 5.77. The van der Waals surface area contributed by atoms with Crippen molar-refractivity contribution in [2.75, 3.05) is 19.7 Å². The van der Waals surface area contributed by atoms with E-state index in [1.54, 1.807) is 12.4 Å². The molecule has 2 aromatic heterocycles. The van der Waals surface area contributed by atoms with Crippen LogP contribution < -0.4 is 4.74 Å². The molecule has 0 radical (unpaired) electrons. The van der Waals surface area contributed by atoms with E-state index < -0.39 is 11.6 Å². The largest absolute Gasteiger partial charge is 0.487 e. The van der Waals surface area contributed by atoms with E-state index in [0.717, 1.165) is 36.5 Å². The van der Waals surface area contributed by atoms with Crippen LogP contribution in [0.1, 0.15) is 5.82 Å². The second-order valence-corrected chi connectivity index (χ2v) is 7.50. The van der Waals surface area contributed by atoms with Crippen LogP contribution in [-0.4, -0.2) is 39.1 Å². The molecular weight excluding hydrogens is 350 g/mol. The number of aromatic nitrogens is 3. The third-order valence-electron chi connectivity index (χ3n) is 5.93. The van der Waals surface area contributed by atoms with Gasteiger partial charge in [0.15, 0.2) is 17.4 Å². The van der Waals surface area contributed by atoms with Crippen molar-refractivity contribution in [3.05, 3.63) is 54.1 Å². The maximum Gasteiger partial charge on any atom is 0.190 e. The number of rotatable bonds is 5. The highest BCUT2D eigenvalue weighted by Gasteiger charge is 2.55. The van der Waals surface area contributed by atoms with Gasteiger partial charge in [-0.05, 0) is 30.0 Å². The van der Waals surface area contributed by atoms with Gasteiger partial charge < -0.3 is 9.30 Å². The van der Waals surface area contributed by atoms with E-state index in [1.807, 2.05) is 13.1 Å². The number of ether oxygens (including phenoxy) is 1. The summed E-state index contributed by atoms with van der Waals surface area (Å²) in [5.74, 6) is 0.947. The SMILES string of the molecule is Cn1c(CN2C[C@@H]3C(COc4c(F)cccc4F)[C@@H]3C2)nc2cnccc21. The highest BCUT2D eigenvalue weighted by atomic mass is 19.1. The maximum absolute atomic E-state index is 13.7. The van der Waals surface area contributed by atoms with Gasteiger partial charge in [0.05, 0.1) is 24.9 Å². The van der Waals surface area contributed by atoms with Crippen molar-refractivity contribution in [1.29, 1.82) is 0 Å². The molecule has 5 rings (SSSR count). The number of nitrogens with zero attached hydrogens (tertiary/aromatic N) is 4. The summed E-state index contributed by atoms with van der Waals surface area (Å²) >= 11 is 0. The fourth-order valence-electron chi connectivity index (χ4n) is 4.36. The summed E-state index contributed by atoms with van der Waals surface area (Å²) in [7, 11) is 2.03. The van der Waals surface area contributed by atoms with E-state index in [1.165, 1.54) is 18.2 Å². The molecule has 1 saturated carbocycles. The highest BCUT2D eigenvalue weighted by Crippen LogP contribution is 2.52. The van der Waals surface area contributed by atoms with Gasteiger partial charge in [-0.3, -0.25) is 9.88 Å². The van der Waals surface area contributed by atoms with Crippen LogP contribution in [0.5, 0.6) is 5.75 Å². The van der Waals surface area contributed by atoms with Gasteiger partial charge >= 0.3 is 0 Å². The summed E-state index contributed by atoms with van der Waals surface area (Å²) in [4.78, 5) is 11.2. The van der Waals surface area contributed by atoms with Gasteiger partial charge in [-0.15, -0.1) is 0 Å². The minimum Gasteiger partial charge on any atom is -0.487 e. The molecule has 27 heavy (non-hydrogen) atoms. The Kier molecular flexibility index (Phi) is 3.86. The lowest BCUT2D eigenvalue weighted by Crippen LogP contribution is -2.26. The number of likely N-dealkylation sites (tertiary alicyclic amines) is 1. The monoisotopic (exact) mass is 370 g/mol. The van der Waals surface area contributed by atoms with E-state index in [9.17, 15) is 8.78 Å². The number of piperidine rings is 1. The molecule has 0 N–H and O–H groups in total. The molecule has 1 saturated heterocycles. The predicted octanol–water partition coefficient (Wildman–Crippen LogP) is 3.00. The van der Waals surface area contributed by atoms with Crippen LogP contribution in [0.4, 0.5) is 8.78 Å². The second kappa shape index (κ2) is 6.27. The van der Waals surface area contributed by atoms with E-state index in [-0.39, 0.29) is 5.75 Å². The minimum absolute atomic E-state index is 0.257. The Morgan fingerprint density at radius 3 is 2.59 bits per heavy atom. The Morgan fingerprint density at radius 1 is 1.15 bits per heavy atom. The molecule has 5 nitrogen and oxygen atoms in total. The second-order valence-electron chi connectivity index (χ2n) is 7.50. The van der Waals surface area contributed by atoms with E-state index in [4.69, 9.17) is 4.74 Å². The molecule has 3 heterocycles. The number of halogens is 2. The summed E-state index contributed by atoms with van der Waals surface area (Å²) in [6.07, 6.45) is 3.57. The first-order valence-electron chi connectivity index (χ1n) is 9.16. The number of para-hydroxylation sites is 1. The maximum atomic E-state index is 13.7. The fraction of sp³-hybridized carbons (Fsp3) is 0.400. The minimum atomic E-state index is -0.640. The van der Waals surface area contributed by atoms with Crippen LogP contribution in [0.25, 0.3) is 11.0 Å². The summed E-state index contributed by atoms with van der Waals surface area (Å²) < 4.78 is 34.9. The van der Waals surface area contributed by atoms with Gasteiger partial charge in [-0.1, -0.05) is 6.07 Å². The van der Waals surface area contributed by atoms with Gasteiger partial charge in [0, 0.05) is 32.3 Å². The van der Waals surface area contributed by atoms with Crippen LogP contribution in [0.15, 0.2) is 36.7 Å². The van der Waals surface area contributed by atoms with Crippen molar-refractivity contribution in [2.24, 2.45) is 24.8 Å². The van der Waals surface area contributed by atoms with E-state index in [2.05, 4.69) is 19.4 Å². The molecule has 1 aliphatic carbocycles. The lowest BCUT2D eigenvalue weighted by atomic mass is 10.2. The standard InChI is InChI=1S/C20H20F2N4O/c1-25-18-5-6-23-7-17(18)24-19(25)10-26-8-12-13(9-26)14(12)11-27-20-15(21)3-2-4-16(20)22/h2-7,12-14H,8-11H2,1H3/t12-,13+,14?. The first kappa shape index (κ1) is 16.6. The van der Waals surface area contributed by atoms with Gasteiger partial charge in [0.2, 0.25) is 0 Å². The molecule has 0 bridgehead atoms. The number of pyridine rings is 1. The van der Waals surface area contributed by atoms with Crippen LogP contribution in [0.3, 0.4) is 0 Å². The summed E-state index contributed by atoms with van der Waals surface area (Å²) in [6.45, 7) is 3.12. The van der Waals surface area contributed by atoms with Crippen LogP contribution in [0, 0.1) is 29.4 Å². The third-order valence-corrected chi connectivity index (χ3v) is 5.93. The van der Waals surface area contributed by atoms with Crippen molar-refractivity contribution in [1.82, 2.24) is 19.4 Å². The summed E-state index contributed by atoms with van der Waals surface area (Å²) in [5, 5.41) is 0. The molecule has 3 atom stereocenters. The average Bonchev–Trinajstić information content (AvgIpc) is 2.98. The molecule has 2 fully saturated rings. The lowest BCUT2D eigenvalue weighted by molar-refractivity contribution is 0.216. The first-order chi connectivity index (χ1) is 13.1.